The largest absolute Gasteiger partial charge is 0.312 e. The molecule has 2 nitrogen and oxygen atoms in total. The maximum Gasteiger partial charge on any atom is 0.0208 e. The van der Waals surface area contributed by atoms with E-state index in [9.17, 15) is 0 Å². The lowest BCUT2D eigenvalue weighted by atomic mass is 9.82. The summed E-state index contributed by atoms with van der Waals surface area (Å²) < 4.78 is 0. The van der Waals surface area contributed by atoms with Gasteiger partial charge in [0.25, 0.3) is 0 Å². The van der Waals surface area contributed by atoms with Crippen molar-refractivity contribution in [2.24, 2.45) is 11.8 Å². The van der Waals surface area contributed by atoms with E-state index >= 15 is 0 Å². The Kier molecular flexibility index (Phi) is 7.28. The Morgan fingerprint density at radius 2 is 1.04 bits per heavy atom. The smallest absolute Gasteiger partial charge is 0.0208 e. The Hall–Kier alpha value is -1.64. The van der Waals surface area contributed by atoms with Gasteiger partial charge in [-0.15, -0.1) is 0 Å². The molecule has 0 amide bonds. The van der Waals surface area contributed by atoms with Gasteiger partial charge in [0.2, 0.25) is 0 Å². The first-order chi connectivity index (χ1) is 12.7. The molecule has 2 N–H and O–H groups in total. The minimum Gasteiger partial charge on any atom is -0.312 e. The van der Waals surface area contributed by atoms with Crippen LogP contribution in [0.5, 0.6) is 0 Å². The molecule has 0 aliphatic heterocycles. The molecule has 140 valence electrons. The standard InChI is InChI=1S/C24H34N2/c1-19-7-3-5-9-23(19)17-25-15-21-11-13-22(14-12-21)16-26-18-24-10-6-4-8-20(24)2/h3-10,21-22,25-26H,11-18H2,1-2H3. The molecule has 0 radical (unpaired) electrons. The predicted molar refractivity (Wildman–Crippen MR) is 111 cm³/mol. The van der Waals surface area contributed by atoms with Crippen LogP contribution in [0, 0.1) is 25.7 Å². The van der Waals surface area contributed by atoms with Crippen molar-refractivity contribution in [1.29, 1.82) is 0 Å². The van der Waals surface area contributed by atoms with Gasteiger partial charge < -0.3 is 10.6 Å². The normalized spacial score (nSPS) is 20.2. The van der Waals surface area contributed by atoms with E-state index in [0.29, 0.717) is 0 Å². The highest BCUT2D eigenvalue weighted by atomic mass is 14.9. The number of aryl methyl sites for hydroxylation is 2. The molecule has 2 heteroatoms. The van der Waals surface area contributed by atoms with E-state index in [2.05, 4.69) is 73.0 Å². The molecule has 0 spiro atoms. The lowest BCUT2D eigenvalue weighted by Gasteiger charge is -2.29. The zero-order chi connectivity index (χ0) is 18.2. The fraction of sp³-hybridized carbons (Fsp3) is 0.500. The third-order valence-electron chi connectivity index (χ3n) is 5.99. The Bertz CT molecular complexity index is 612. The van der Waals surface area contributed by atoms with Crippen LogP contribution in [0.3, 0.4) is 0 Å². The summed E-state index contributed by atoms with van der Waals surface area (Å²) in [6.45, 7) is 8.74. The van der Waals surface area contributed by atoms with Crippen LogP contribution in [0.2, 0.25) is 0 Å². The molecule has 1 saturated carbocycles. The number of nitrogens with one attached hydrogen (secondary N) is 2. The second-order valence-corrected chi connectivity index (χ2v) is 8.00. The lowest BCUT2D eigenvalue weighted by molar-refractivity contribution is 0.261. The Balaban J connectivity index is 1.30. The van der Waals surface area contributed by atoms with Gasteiger partial charge in [-0.1, -0.05) is 48.5 Å². The van der Waals surface area contributed by atoms with E-state index in [-0.39, 0.29) is 0 Å². The van der Waals surface area contributed by atoms with Crippen LogP contribution in [-0.2, 0) is 13.1 Å². The van der Waals surface area contributed by atoms with Crippen LogP contribution >= 0.6 is 0 Å². The molecule has 0 atom stereocenters. The predicted octanol–water partition coefficient (Wildman–Crippen LogP) is 4.99. The minimum absolute atomic E-state index is 0.853. The van der Waals surface area contributed by atoms with Crippen LogP contribution in [0.1, 0.15) is 47.9 Å². The molecule has 1 aliphatic rings. The van der Waals surface area contributed by atoms with Gasteiger partial charge in [-0.3, -0.25) is 0 Å². The first-order valence-electron chi connectivity index (χ1n) is 10.2. The second kappa shape index (κ2) is 9.89. The average molecular weight is 351 g/mol. The van der Waals surface area contributed by atoms with Crippen molar-refractivity contribution in [3.05, 3.63) is 70.8 Å². The van der Waals surface area contributed by atoms with Gasteiger partial charge in [-0.2, -0.15) is 0 Å². The number of benzene rings is 2. The van der Waals surface area contributed by atoms with E-state index in [4.69, 9.17) is 0 Å². The van der Waals surface area contributed by atoms with Crippen LogP contribution in [0.4, 0.5) is 0 Å². The lowest BCUT2D eigenvalue weighted by Crippen LogP contribution is -2.30. The van der Waals surface area contributed by atoms with Crippen molar-refractivity contribution in [3.63, 3.8) is 0 Å². The Labute approximate surface area is 159 Å². The van der Waals surface area contributed by atoms with Crippen LogP contribution < -0.4 is 10.6 Å². The SMILES string of the molecule is Cc1ccccc1CNCC1CCC(CNCc2ccccc2C)CC1. The molecular formula is C24H34N2. The maximum absolute atomic E-state index is 3.68. The van der Waals surface area contributed by atoms with Gasteiger partial charge in [0.15, 0.2) is 0 Å². The first kappa shape index (κ1) is 19.1. The number of rotatable bonds is 8. The van der Waals surface area contributed by atoms with Gasteiger partial charge in [0.05, 0.1) is 0 Å². The molecular weight excluding hydrogens is 316 g/mol. The highest BCUT2D eigenvalue weighted by Gasteiger charge is 2.20. The molecule has 0 unspecified atom stereocenters. The molecule has 0 saturated heterocycles. The van der Waals surface area contributed by atoms with Crippen LogP contribution in [0.15, 0.2) is 48.5 Å². The summed E-state index contributed by atoms with van der Waals surface area (Å²) in [6.07, 6.45) is 5.49. The summed E-state index contributed by atoms with van der Waals surface area (Å²) in [6, 6.07) is 17.4. The van der Waals surface area contributed by atoms with Crippen molar-refractivity contribution >= 4 is 0 Å². The fourth-order valence-corrected chi connectivity index (χ4v) is 4.08. The van der Waals surface area contributed by atoms with Crippen molar-refractivity contribution in [2.75, 3.05) is 13.1 Å². The third-order valence-corrected chi connectivity index (χ3v) is 5.99. The Morgan fingerprint density at radius 3 is 1.42 bits per heavy atom. The van der Waals surface area contributed by atoms with Crippen molar-refractivity contribution in [3.8, 4) is 0 Å². The average Bonchev–Trinajstić information content (AvgIpc) is 2.66. The monoisotopic (exact) mass is 350 g/mol. The molecule has 0 heterocycles. The van der Waals surface area contributed by atoms with Crippen LogP contribution in [0.25, 0.3) is 0 Å². The zero-order valence-corrected chi connectivity index (χ0v) is 16.4. The summed E-state index contributed by atoms with van der Waals surface area (Å²) in [5.41, 5.74) is 5.65. The Morgan fingerprint density at radius 1 is 0.654 bits per heavy atom. The fourth-order valence-electron chi connectivity index (χ4n) is 4.08. The van der Waals surface area contributed by atoms with E-state index in [1.165, 1.54) is 47.9 Å². The quantitative estimate of drug-likeness (QED) is 0.701. The number of hydrogen-bond donors (Lipinski definition) is 2. The third kappa shape index (κ3) is 5.69. The van der Waals surface area contributed by atoms with Crippen molar-refractivity contribution in [2.45, 2.75) is 52.6 Å². The van der Waals surface area contributed by atoms with E-state index in [1.54, 1.807) is 0 Å². The van der Waals surface area contributed by atoms with Crippen molar-refractivity contribution < 1.29 is 0 Å². The summed E-state index contributed by atoms with van der Waals surface area (Å²) in [4.78, 5) is 0. The van der Waals surface area contributed by atoms with Gasteiger partial charge in [0.1, 0.15) is 0 Å². The van der Waals surface area contributed by atoms with Gasteiger partial charge >= 0.3 is 0 Å². The highest BCUT2D eigenvalue weighted by Crippen LogP contribution is 2.28. The van der Waals surface area contributed by atoms with Gasteiger partial charge in [-0.05, 0) is 86.7 Å². The molecule has 1 aliphatic carbocycles. The maximum atomic E-state index is 3.68. The van der Waals surface area contributed by atoms with Gasteiger partial charge in [-0.25, -0.2) is 0 Å². The molecule has 2 aromatic rings. The number of hydrogen-bond acceptors (Lipinski definition) is 2. The molecule has 26 heavy (non-hydrogen) atoms. The summed E-state index contributed by atoms with van der Waals surface area (Å²) in [5.74, 6) is 1.71. The summed E-state index contributed by atoms with van der Waals surface area (Å²) in [7, 11) is 0. The van der Waals surface area contributed by atoms with Crippen molar-refractivity contribution in [1.82, 2.24) is 10.6 Å². The first-order valence-corrected chi connectivity index (χ1v) is 10.2. The van der Waals surface area contributed by atoms with Gasteiger partial charge in [0, 0.05) is 13.1 Å². The van der Waals surface area contributed by atoms with E-state index < -0.39 is 0 Å². The summed E-state index contributed by atoms with van der Waals surface area (Å²) in [5, 5.41) is 7.36. The molecule has 0 aromatic heterocycles. The summed E-state index contributed by atoms with van der Waals surface area (Å²) >= 11 is 0. The second-order valence-electron chi connectivity index (χ2n) is 8.00. The molecule has 2 aromatic carbocycles. The van der Waals surface area contributed by atoms with Crippen LogP contribution in [-0.4, -0.2) is 13.1 Å². The minimum atomic E-state index is 0.853. The topological polar surface area (TPSA) is 24.1 Å². The molecule has 1 fully saturated rings. The van der Waals surface area contributed by atoms with E-state index in [0.717, 1.165) is 38.0 Å². The molecule has 3 rings (SSSR count). The molecule has 0 bridgehead atoms. The zero-order valence-electron chi connectivity index (χ0n) is 16.4. The van der Waals surface area contributed by atoms with E-state index in [1.807, 2.05) is 0 Å². The highest BCUT2D eigenvalue weighted by molar-refractivity contribution is 5.26.